The fourth-order valence-corrected chi connectivity index (χ4v) is 6.51. The summed E-state index contributed by atoms with van der Waals surface area (Å²) in [5, 5.41) is 71.6. The lowest BCUT2D eigenvalue weighted by molar-refractivity contribution is 0.0965. The number of phenolic OH excluding ortho intramolecular Hbond substituents is 7. The average molecular weight is 699 g/mol. The van der Waals surface area contributed by atoms with E-state index in [0.29, 0.717) is 30.4 Å². The summed E-state index contributed by atoms with van der Waals surface area (Å²) in [6.07, 6.45) is 12.3. The van der Waals surface area contributed by atoms with Crippen LogP contribution in [0.3, 0.4) is 0 Å². The number of carbonyl (C=O) groups is 2. The monoisotopic (exact) mass is 698 g/mol. The molecule has 0 radical (unpaired) electrons. The lowest BCUT2D eigenvalue weighted by Gasteiger charge is -2.16. The molecule has 51 heavy (non-hydrogen) atoms. The van der Waals surface area contributed by atoms with Crippen LogP contribution in [0.15, 0.2) is 66.7 Å². The first-order valence-electron chi connectivity index (χ1n) is 18.0. The molecule has 9 heteroatoms. The van der Waals surface area contributed by atoms with Crippen LogP contribution in [0.25, 0.3) is 11.1 Å². The van der Waals surface area contributed by atoms with E-state index in [0.717, 1.165) is 70.6 Å². The lowest BCUT2D eigenvalue weighted by Crippen LogP contribution is -2.02. The highest BCUT2D eigenvalue weighted by atomic mass is 16.3. The highest BCUT2D eigenvalue weighted by Gasteiger charge is 2.22. The molecule has 0 saturated heterocycles. The standard InChI is InChI=1S/C42H50O9/c43-30-22-20-28(21-23-30)14-9-5-1-3-8-12-17-36(47)41-37(48)25-24-31(42(41)51)32-27-39(50)38(49)26-29(32)15-10-6-2-4-7-11-16-33(44)40-34(45)18-13-19-35(40)46/h13,18-27,43,45-46,48-51H,1-12,14-17H2. The number of unbranched alkanes of at least 4 members (excludes halogenated alkanes) is 10. The molecule has 0 aliphatic rings. The molecular weight excluding hydrogens is 648 g/mol. The van der Waals surface area contributed by atoms with Gasteiger partial charge in [-0.15, -0.1) is 0 Å². The van der Waals surface area contributed by atoms with Crippen LogP contribution in [-0.4, -0.2) is 47.3 Å². The maximum absolute atomic E-state index is 13.2. The zero-order valence-electron chi connectivity index (χ0n) is 29.1. The van der Waals surface area contributed by atoms with Crippen LogP contribution in [0, 0.1) is 0 Å². The SMILES string of the molecule is O=C(CCCCCCCCc1cc(O)c(O)cc1-c1ccc(O)c(C(=O)CCCCCCCCc2ccc(O)cc2)c1O)c1c(O)cccc1O. The normalized spacial score (nSPS) is 11.1. The Labute approximate surface area is 299 Å². The number of aryl methyl sites for hydroxylation is 2. The summed E-state index contributed by atoms with van der Waals surface area (Å²) in [5.41, 5.74) is 2.45. The fourth-order valence-electron chi connectivity index (χ4n) is 6.51. The summed E-state index contributed by atoms with van der Waals surface area (Å²) in [6, 6.07) is 17.2. The van der Waals surface area contributed by atoms with Crippen molar-refractivity contribution in [2.45, 2.75) is 103 Å². The van der Waals surface area contributed by atoms with Crippen molar-refractivity contribution in [3.8, 4) is 51.4 Å². The van der Waals surface area contributed by atoms with Gasteiger partial charge in [0.05, 0.1) is 0 Å². The summed E-state index contributed by atoms with van der Waals surface area (Å²) < 4.78 is 0. The smallest absolute Gasteiger partial charge is 0.170 e. The number of carbonyl (C=O) groups excluding carboxylic acids is 2. The van der Waals surface area contributed by atoms with Crippen LogP contribution < -0.4 is 0 Å². The van der Waals surface area contributed by atoms with Crippen molar-refractivity contribution >= 4 is 11.6 Å². The van der Waals surface area contributed by atoms with Gasteiger partial charge in [-0.05, 0) is 104 Å². The Balaban J connectivity index is 1.24. The van der Waals surface area contributed by atoms with Gasteiger partial charge in [-0.2, -0.15) is 0 Å². The lowest BCUT2D eigenvalue weighted by atomic mass is 9.91. The zero-order valence-corrected chi connectivity index (χ0v) is 29.1. The molecule has 4 aromatic rings. The van der Waals surface area contributed by atoms with Crippen LogP contribution in [0.5, 0.6) is 40.2 Å². The molecule has 0 unspecified atom stereocenters. The third-order valence-corrected chi connectivity index (χ3v) is 9.38. The largest absolute Gasteiger partial charge is 0.508 e. The molecule has 0 heterocycles. The minimum Gasteiger partial charge on any atom is -0.508 e. The molecule has 4 rings (SSSR count). The number of Topliss-reactive ketones (excluding diaryl/α,β-unsaturated/α-hetero) is 2. The topological polar surface area (TPSA) is 176 Å². The van der Waals surface area contributed by atoms with E-state index in [2.05, 4.69) is 0 Å². The van der Waals surface area contributed by atoms with E-state index >= 15 is 0 Å². The van der Waals surface area contributed by atoms with Crippen molar-refractivity contribution in [1.29, 1.82) is 0 Å². The van der Waals surface area contributed by atoms with Gasteiger partial charge in [0, 0.05) is 18.4 Å². The summed E-state index contributed by atoms with van der Waals surface area (Å²) in [4.78, 5) is 25.6. The molecule has 0 aromatic heterocycles. The summed E-state index contributed by atoms with van der Waals surface area (Å²) in [7, 11) is 0. The summed E-state index contributed by atoms with van der Waals surface area (Å²) in [6.45, 7) is 0. The number of hydrogen-bond donors (Lipinski definition) is 7. The van der Waals surface area contributed by atoms with Gasteiger partial charge >= 0.3 is 0 Å². The molecule has 272 valence electrons. The van der Waals surface area contributed by atoms with E-state index in [1.54, 1.807) is 12.1 Å². The van der Waals surface area contributed by atoms with Crippen molar-refractivity contribution in [2.24, 2.45) is 0 Å². The number of aromatic hydroxyl groups is 7. The van der Waals surface area contributed by atoms with Crippen LogP contribution in [0.2, 0.25) is 0 Å². The second-order valence-corrected chi connectivity index (χ2v) is 13.3. The van der Waals surface area contributed by atoms with E-state index in [1.807, 2.05) is 12.1 Å². The van der Waals surface area contributed by atoms with Gasteiger partial charge in [0.1, 0.15) is 39.9 Å². The Morgan fingerprint density at radius 1 is 0.431 bits per heavy atom. The second kappa shape index (κ2) is 19.3. The third kappa shape index (κ3) is 11.2. The van der Waals surface area contributed by atoms with Gasteiger partial charge in [0.2, 0.25) is 0 Å². The highest BCUT2D eigenvalue weighted by molar-refractivity contribution is 6.03. The van der Waals surface area contributed by atoms with Gasteiger partial charge in [0.25, 0.3) is 0 Å². The molecule has 0 spiro atoms. The molecular formula is C42H50O9. The van der Waals surface area contributed by atoms with E-state index < -0.39 is 0 Å². The predicted molar refractivity (Wildman–Crippen MR) is 197 cm³/mol. The fraction of sp³-hybridized carbons (Fsp3) is 0.381. The molecule has 9 nitrogen and oxygen atoms in total. The molecule has 0 aliphatic heterocycles. The Bertz CT molecular complexity index is 1740. The van der Waals surface area contributed by atoms with Crippen molar-refractivity contribution in [3.63, 3.8) is 0 Å². The van der Waals surface area contributed by atoms with E-state index in [-0.39, 0.29) is 81.3 Å². The Kier molecular flexibility index (Phi) is 14.6. The number of ketones is 2. The van der Waals surface area contributed by atoms with Gasteiger partial charge in [-0.25, -0.2) is 0 Å². The molecule has 0 bridgehead atoms. The first-order chi connectivity index (χ1) is 24.6. The predicted octanol–water partition coefficient (Wildman–Crippen LogP) is 9.60. The number of phenols is 7. The Morgan fingerprint density at radius 2 is 0.922 bits per heavy atom. The van der Waals surface area contributed by atoms with E-state index in [1.165, 1.54) is 48.0 Å². The number of benzene rings is 4. The first kappa shape index (κ1) is 38.6. The van der Waals surface area contributed by atoms with Gasteiger partial charge in [-0.3, -0.25) is 9.59 Å². The van der Waals surface area contributed by atoms with Crippen LogP contribution in [0.1, 0.15) is 122 Å². The van der Waals surface area contributed by atoms with Crippen molar-refractivity contribution in [1.82, 2.24) is 0 Å². The minimum absolute atomic E-state index is 0.0391. The van der Waals surface area contributed by atoms with Crippen molar-refractivity contribution in [3.05, 3.63) is 89.0 Å². The minimum atomic E-state index is -0.359. The third-order valence-electron chi connectivity index (χ3n) is 9.38. The quantitative estimate of drug-likeness (QED) is 0.0254. The van der Waals surface area contributed by atoms with Crippen LogP contribution in [-0.2, 0) is 12.8 Å². The molecule has 0 aliphatic carbocycles. The Hall–Kier alpha value is -5.18. The Morgan fingerprint density at radius 3 is 1.53 bits per heavy atom. The summed E-state index contributed by atoms with van der Waals surface area (Å²) >= 11 is 0. The molecule has 0 saturated carbocycles. The molecule has 0 atom stereocenters. The maximum atomic E-state index is 13.2. The second-order valence-electron chi connectivity index (χ2n) is 13.3. The molecule has 7 N–H and O–H groups in total. The number of hydrogen-bond acceptors (Lipinski definition) is 9. The van der Waals surface area contributed by atoms with Gasteiger partial charge < -0.3 is 35.7 Å². The molecule has 0 fully saturated rings. The van der Waals surface area contributed by atoms with Crippen molar-refractivity contribution in [2.75, 3.05) is 0 Å². The van der Waals surface area contributed by atoms with Gasteiger partial charge in [0.15, 0.2) is 23.1 Å². The van der Waals surface area contributed by atoms with Crippen molar-refractivity contribution < 1.29 is 45.3 Å². The zero-order chi connectivity index (χ0) is 36.8. The maximum Gasteiger partial charge on any atom is 0.170 e. The number of rotatable bonds is 21. The van der Waals surface area contributed by atoms with Crippen LogP contribution in [0.4, 0.5) is 0 Å². The first-order valence-corrected chi connectivity index (χ1v) is 18.0. The summed E-state index contributed by atoms with van der Waals surface area (Å²) in [5.74, 6) is -2.14. The molecule has 0 amide bonds. The molecule has 4 aromatic carbocycles. The highest BCUT2D eigenvalue weighted by Crippen LogP contribution is 2.43. The van der Waals surface area contributed by atoms with Crippen LogP contribution >= 0.6 is 0 Å². The average Bonchev–Trinajstić information content (AvgIpc) is 3.09. The van der Waals surface area contributed by atoms with Gasteiger partial charge in [-0.1, -0.05) is 69.6 Å². The van der Waals surface area contributed by atoms with E-state index in [9.17, 15) is 45.3 Å². The van der Waals surface area contributed by atoms with E-state index in [4.69, 9.17) is 0 Å².